The van der Waals surface area contributed by atoms with E-state index in [1.54, 1.807) is 0 Å². The second-order valence-corrected chi connectivity index (χ2v) is 5.06. The lowest BCUT2D eigenvalue weighted by Gasteiger charge is -2.33. The van der Waals surface area contributed by atoms with Crippen LogP contribution >= 0.6 is 15.9 Å². The number of rotatable bonds is 3. The topological polar surface area (TPSA) is 12.0 Å². The maximum absolute atomic E-state index is 12.6. The summed E-state index contributed by atoms with van der Waals surface area (Å²) in [4.78, 5) is 0. The highest BCUT2D eigenvalue weighted by Crippen LogP contribution is 2.37. The predicted molar refractivity (Wildman–Crippen MR) is 57.9 cm³/mol. The Kier molecular flexibility index (Phi) is 4.64. The van der Waals surface area contributed by atoms with Crippen molar-refractivity contribution in [2.75, 3.05) is 6.54 Å². The molecule has 0 saturated heterocycles. The Hall–Kier alpha value is -0.0300. The summed E-state index contributed by atoms with van der Waals surface area (Å²) in [6, 6.07) is -0.451. The lowest BCUT2D eigenvalue weighted by molar-refractivity contribution is -0.188. The van der Waals surface area contributed by atoms with Crippen molar-refractivity contribution in [1.82, 2.24) is 5.32 Å². The fraction of sp³-hybridized carbons (Fsp3) is 0.800. The second kappa shape index (κ2) is 5.34. The number of nitrogens with one attached hydrogen (secondary N) is 1. The summed E-state index contributed by atoms with van der Waals surface area (Å²) >= 11 is 3.13. The summed E-state index contributed by atoms with van der Waals surface area (Å²) in [7, 11) is 0. The fourth-order valence-corrected chi connectivity index (χ4v) is 2.17. The molecule has 0 aromatic heterocycles. The molecule has 5 heteroatoms. The first-order valence-electron chi connectivity index (χ1n) is 5.04. The maximum Gasteiger partial charge on any atom is 0.393 e. The number of alkyl halides is 3. The first-order valence-corrected chi connectivity index (χ1v) is 5.84. The number of hydrogen-bond donors (Lipinski definition) is 1. The van der Waals surface area contributed by atoms with Gasteiger partial charge in [-0.2, -0.15) is 13.2 Å². The minimum absolute atomic E-state index is 0.246. The Labute approximate surface area is 96.2 Å². The zero-order valence-corrected chi connectivity index (χ0v) is 10.00. The van der Waals surface area contributed by atoms with Crippen LogP contribution in [0.15, 0.2) is 11.1 Å². The van der Waals surface area contributed by atoms with Gasteiger partial charge >= 0.3 is 6.18 Å². The van der Waals surface area contributed by atoms with Gasteiger partial charge in [0.25, 0.3) is 0 Å². The summed E-state index contributed by atoms with van der Waals surface area (Å²) in [5.41, 5.74) is 0. The van der Waals surface area contributed by atoms with Gasteiger partial charge in [-0.1, -0.05) is 35.4 Å². The van der Waals surface area contributed by atoms with Gasteiger partial charge in [-0.25, -0.2) is 0 Å². The molecule has 0 aliphatic heterocycles. The van der Waals surface area contributed by atoms with Crippen molar-refractivity contribution in [3.05, 3.63) is 11.1 Å². The molecule has 1 saturated carbocycles. The van der Waals surface area contributed by atoms with Crippen molar-refractivity contribution in [2.45, 2.75) is 37.9 Å². The summed E-state index contributed by atoms with van der Waals surface area (Å²) in [6.07, 6.45) is -1.68. The van der Waals surface area contributed by atoms with Crippen LogP contribution < -0.4 is 5.32 Å². The average molecular weight is 286 g/mol. The predicted octanol–water partition coefficient (Wildman–Crippen LogP) is 3.61. The highest BCUT2D eigenvalue weighted by Gasteiger charge is 2.45. The molecule has 0 bridgehead atoms. The Morgan fingerprint density at radius 1 is 1.33 bits per heavy atom. The molecule has 0 spiro atoms. The van der Waals surface area contributed by atoms with E-state index in [9.17, 15) is 13.2 Å². The lowest BCUT2D eigenvalue weighted by atomic mass is 9.84. The lowest BCUT2D eigenvalue weighted by Crippen LogP contribution is -2.45. The van der Waals surface area contributed by atoms with Gasteiger partial charge in [-0.05, 0) is 12.8 Å². The summed E-state index contributed by atoms with van der Waals surface area (Å²) < 4.78 is 38.6. The molecule has 1 N–H and O–H groups in total. The van der Waals surface area contributed by atoms with Crippen LogP contribution in [0.5, 0.6) is 0 Å². The van der Waals surface area contributed by atoms with Gasteiger partial charge in [0.2, 0.25) is 0 Å². The normalized spacial score (nSPS) is 27.7. The molecular formula is C10H15BrF3N. The van der Waals surface area contributed by atoms with Crippen molar-refractivity contribution >= 4 is 15.9 Å². The first-order chi connectivity index (χ1) is 6.91. The van der Waals surface area contributed by atoms with Gasteiger partial charge < -0.3 is 5.32 Å². The largest absolute Gasteiger partial charge is 0.393 e. The maximum atomic E-state index is 12.6. The van der Waals surface area contributed by atoms with Gasteiger partial charge in [0.05, 0.1) is 5.92 Å². The molecule has 15 heavy (non-hydrogen) atoms. The fourth-order valence-electron chi connectivity index (χ4n) is 2.01. The van der Waals surface area contributed by atoms with Crippen LogP contribution in [0.3, 0.4) is 0 Å². The molecule has 0 amide bonds. The van der Waals surface area contributed by atoms with Crippen LogP contribution in [0.1, 0.15) is 25.7 Å². The Bertz CT molecular complexity index is 227. The number of hydrogen-bond acceptors (Lipinski definition) is 1. The van der Waals surface area contributed by atoms with E-state index in [1.165, 1.54) is 0 Å². The zero-order valence-electron chi connectivity index (χ0n) is 8.41. The Balaban J connectivity index is 2.54. The smallest absolute Gasteiger partial charge is 0.309 e. The van der Waals surface area contributed by atoms with Crippen LogP contribution in [0.25, 0.3) is 0 Å². The molecule has 1 fully saturated rings. The number of halogens is 4. The quantitative estimate of drug-likeness (QED) is 0.835. The summed E-state index contributed by atoms with van der Waals surface area (Å²) in [6.45, 7) is 4.00. The van der Waals surface area contributed by atoms with Crippen molar-refractivity contribution < 1.29 is 13.2 Å². The zero-order chi connectivity index (χ0) is 11.5. The van der Waals surface area contributed by atoms with Crippen molar-refractivity contribution in [3.8, 4) is 0 Å². The van der Waals surface area contributed by atoms with Gasteiger partial charge in [0.15, 0.2) is 0 Å². The monoisotopic (exact) mass is 285 g/mol. The van der Waals surface area contributed by atoms with Gasteiger partial charge in [0.1, 0.15) is 0 Å². The molecule has 88 valence electrons. The van der Waals surface area contributed by atoms with E-state index in [0.717, 1.165) is 6.42 Å². The van der Waals surface area contributed by atoms with E-state index in [2.05, 4.69) is 27.8 Å². The van der Waals surface area contributed by atoms with Crippen LogP contribution in [0, 0.1) is 5.92 Å². The summed E-state index contributed by atoms with van der Waals surface area (Å²) in [5, 5.41) is 2.91. The third-order valence-corrected chi connectivity index (χ3v) is 3.02. The van der Waals surface area contributed by atoms with Gasteiger partial charge in [0, 0.05) is 17.1 Å². The van der Waals surface area contributed by atoms with E-state index in [1.807, 2.05) is 0 Å². The van der Waals surface area contributed by atoms with Crippen molar-refractivity contribution in [1.29, 1.82) is 0 Å². The molecule has 0 aromatic carbocycles. The van der Waals surface area contributed by atoms with E-state index < -0.39 is 18.1 Å². The Morgan fingerprint density at radius 2 is 1.93 bits per heavy atom. The first kappa shape index (κ1) is 13.0. The molecule has 2 unspecified atom stereocenters. The van der Waals surface area contributed by atoms with Gasteiger partial charge in [-0.3, -0.25) is 0 Å². The van der Waals surface area contributed by atoms with Crippen LogP contribution in [-0.4, -0.2) is 18.8 Å². The SMILES string of the molecule is C=C(Br)CNC1CCCCC1C(F)(F)F. The second-order valence-electron chi connectivity index (χ2n) is 3.94. The molecule has 2 atom stereocenters. The minimum Gasteiger partial charge on any atom is -0.309 e. The van der Waals surface area contributed by atoms with Gasteiger partial charge in [-0.15, -0.1) is 0 Å². The van der Waals surface area contributed by atoms with Crippen molar-refractivity contribution in [2.24, 2.45) is 5.92 Å². The Morgan fingerprint density at radius 3 is 2.47 bits per heavy atom. The molecular weight excluding hydrogens is 271 g/mol. The van der Waals surface area contributed by atoms with Crippen molar-refractivity contribution in [3.63, 3.8) is 0 Å². The van der Waals surface area contributed by atoms with E-state index in [4.69, 9.17) is 0 Å². The van der Waals surface area contributed by atoms with E-state index >= 15 is 0 Å². The van der Waals surface area contributed by atoms with E-state index in [-0.39, 0.29) is 6.42 Å². The van der Waals surface area contributed by atoms with E-state index in [0.29, 0.717) is 23.9 Å². The minimum atomic E-state index is -4.08. The molecule has 1 aliphatic rings. The molecule has 0 radical (unpaired) electrons. The molecule has 0 aromatic rings. The average Bonchev–Trinajstić information content (AvgIpc) is 2.13. The van der Waals surface area contributed by atoms with Crippen LogP contribution in [0.2, 0.25) is 0 Å². The van der Waals surface area contributed by atoms with Crippen LogP contribution in [-0.2, 0) is 0 Å². The highest BCUT2D eigenvalue weighted by molar-refractivity contribution is 9.11. The molecule has 1 rings (SSSR count). The van der Waals surface area contributed by atoms with Crippen LogP contribution in [0.4, 0.5) is 13.2 Å². The third-order valence-electron chi connectivity index (χ3n) is 2.74. The highest BCUT2D eigenvalue weighted by atomic mass is 79.9. The summed E-state index contributed by atoms with van der Waals surface area (Å²) in [5.74, 6) is -1.20. The molecule has 1 nitrogen and oxygen atoms in total. The molecule has 0 heterocycles. The standard InChI is InChI=1S/C10H15BrF3N/c1-7(11)6-15-9-5-3-2-4-8(9)10(12,13)14/h8-9,15H,1-6H2. The molecule has 1 aliphatic carbocycles. The third kappa shape index (κ3) is 4.15.